The molecule has 2 rings (SSSR count). The first kappa shape index (κ1) is 17.7. The lowest BCUT2D eigenvalue weighted by Gasteiger charge is -2.25. The Balaban J connectivity index is 2.39. The number of aliphatic imine (C=N–C) groups is 2. The summed E-state index contributed by atoms with van der Waals surface area (Å²) in [6.45, 7) is 6.59. The molecule has 23 heavy (non-hydrogen) atoms. The van der Waals surface area contributed by atoms with Crippen LogP contribution in [0.2, 0.25) is 0 Å². The zero-order valence-corrected chi connectivity index (χ0v) is 15.7. The molecule has 2 heterocycles. The van der Waals surface area contributed by atoms with E-state index in [1.165, 1.54) is 5.57 Å². The summed E-state index contributed by atoms with van der Waals surface area (Å²) in [5.74, 6) is 3.43. The van der Waals surface area contributed by atoms with Crippen molar-refractivity contribution in [1.82, 2.24) is 4.90 Å². The summed E-state index contributed by atoms with van der Waals surface area (Å²) < 4.78 is 0. The third-order valence-electron chi connectivity index (χ3n) is 3.99. The molecule has 5 heteroatoms. The molecule has 1 aromatic rings. The van der Waals surface area contributed by atoms with E-state index < -0.39 is 0 Å². The lowest BCUT2D eigenvalue weighted by molar-refractivity contribution is 0.542. The standard InChI is InChI=1S/C18H28N4S/c1-6-7-13(2)17-20-16(19-15-10-11-23-12-15)9-8-14(3)18(21-17)22(4)5/h10-12,14H,6-9H2,1-5H3,(H,19,20)/b17-13+,21-18?. The van der Waals surface area contributed by atoms with E-state index in [1.54, 1.807) is 11.3 Å². The number of hydrogen-bond acceptors (Lipinski definition) is 5. The van der Waals surface area contributed by atoms with E-state index in [9.17, 15) is 0 Å². The monoisotopic (exact) mass is 332 g/mol. The van der Waals surface area contributed by atoms with Crippen molar-refractivity contribution in [2.45, 2.75) is 46.5 Å². The molecular weight excluding hydrogens is 304 g/mol. The Bertz CT molecular complexity index is 597. The highest BCUT2D eigenvalue weighted by Crippen LogP contribution is 2.22. The molecule has 4 nitrogen and oxygen atoms in total. The van der Waals surface area contributed by atoms with Gasteiger partial charge in [0.25, 0.3) is 0 Å². The van der Waals surface area contributed by atoms with E-state index in [1.807, 2.05) is 0 Å². The van der Waals surface area contributed by atoms with Gasteiger partial charge >= 0.3 is 0 Å². The quantitative estimate of drug-likeness (QED) is 0.848. The van der Waals surface area contributed by atoms with Gasteiger partial charge in [-0.2, -0.15) is 11.3 Å². The van der Waals surface area contributed by atoms with E-state index in [-0.39, 0.29) is 0 Å². The molecule has 0 aliphatic carbocycles. The minimum absolute atomic E-state index is 0.421. The van der Waals surface area contributed by atoms with E-state index >= 15 is 0 Å². The molecule has 0 radical (unpaired) electrons. The minimum Gasteiger partial charge on any atom is -0.366 e. The molecule has 126 valence electrons. The number of rotatable bonds is 3. The maximum atomic E-state index is 4.91. The topological polar surface area (TPSA) is 40.0 Å². The van der Waals surface area contributed by atoms with Gasteiger partial charge in [-0.1, -0.05) is 20.3 Å². The molecule has 1 aliphatic heterocycles. The Morgan fingerprint density at radius 1 is 1.39 bits per heavy atom. The van der Waals surface area contributed by atoms with Gasteiger partial charge in [-0.05, 0) is 36.8 Å². The van der Waals surface area contributed by atoms with Crippen molar-refractivity contribution >= 4 is 28.7 Å². The summed E-state index contributed by atoms with van der Waals surface area (Å²) in [5.41, 5.74) is 2.37. The van der Waals surface area contributed by atoms with Crippen LogP contribution in [0.5, 0.6) is 0 Å². The molecule has 1 aliphatic rings. The van der Waals surface area contributed by atoms with Gasteiger partial charge in [-0.25, -0.2) is 9.98 Å². The van der Waals surface area contributed by atoms with Crippen LogP contribution in [0.3, 0.4) is 0 Å². The van der Waals surface area contributed by atoms with Crippen molar-refractivity contribution in [2.75, 3.05) is 19.4 Å². The molecule has 0 saturated heterocycles. The van der Waals surface area contributed by atoms with Crippen molar-refractivity contribution < 1.29 is 0 Å². The van der Waals surface area contributed by atoms with Crippen LogP contribution in [0.15, 0.2) is 38.2 Å². The van der Waals surface area contributed by atoms with Gasteiger partial charge in [0.1, 0.15) is 11.7 Å². The molecule has 1 N–H and O–H groups in total. The first-order chi connectivity index (χ1) is 11.0. The fraction of sp³-hybridized carbons (Fsp3) is 0.556. The van der Waals surface area contributed by atoms with E-state index in [0.717, 1.165) is 48.9 Å². The van der Waals surface area contributed by atoms with Crippen molar-refractivity contribution in [3.05, 3.63) is 28.2 Å². The number of hydrogen-bond donors (Lipinski definition) is 1. The Kier molecular flexibility index (Phi) is 6.39. The van der Waals surface area contributed by atoms with Gasteiger partial charge in [0.15, 0.2) is 5.82 Å². The average molecular weight is 333 g/mol. The Morgan fingerprint density at radius 2 is 2.17 bits per heavy atom. The fourth-order valence-corrected chi connectivity index (χ4v) is 3.31. The lowest BCUT2D eigenvalue weighted by atomic mass is 10.0. The summed E-state index contributed by atoms with van der Waals surface area (Å²) in [5, 5.41) is 7.66. The van der Waals surface area contributed by atoms with Gasteiger partial charge in [0.05, 0.1) is 5.69 Å². The lowest BCUT2D eigenvalue weighted by Crippen LogP contribution is -2.30. The number of allylic oxidation sites excluding steroid dienone is 1. The fourth-order valence-electron chi connectivity index (χ4n) is 2.72. The predicted molar refractivity (Wildman–Crippen MR) is 103 cm³/mol. The zero-order chi connectivity index (χ0) is 16.8. The summed E-state index contributed by atoms with van der Waals surface area (Å²) in [4.78, 5) is 11.9. The second-order valence-corrected chi connectivity index (χ2v) is 7.13. The van der Waals surface area contributed by atoms with Crippen molar-refractivity contribution in [1.29, 1.82) is 0 Å². The number of nitrogens with one attached hydrogen (secondary N) is 1. The van der Waals surface area contributed by atoms with Crippen LogP contribution >= 0.6 is 11.3 Å². The first-order valence-corrected chi connectivity index (χ1v) is 9.28. The van der Waals surface area contributed by atoms with Crippen LogP contribution in [0.4, 0.5) is 5.69 Å². The second-order valence-electron chi connectivity index (χ2n) is 6.35. The average Bonchev–Trinajstić information content (AvgIpc) is 2.99. The summed E-state index contributed by atoms with van der Waals surface area (Å²) in [6, 6.07) is 2.09. The van der Waals surface area contributed by atoms with Gasteiger partial charge in [-0.3, -0.25) is 0 Å². The molecular formula is C18H28N4S. The van der Waals surface area contributed by atoms with Gasteiger partial charge in [0, 0.05) is 31.8 Å². The number of thiophene rings is 1. The highest BCUT2D eigenvalue weighted by Gasteiger charge is 2.18. The maximum absolute atomic E-state index is 4.91. The molecule has 0 saturated carbocycles. The second kappa shape index (κ2) is 8.29. The van der Waals surface area contributed by atoms with Crippen LogP contribution in [-0.2, 0) is 0 Å². The van der Waals surface area contributed by atoms with Crippen molar-refractivity contribution in [3.8, 4) is 0 Å². The summed E-state index contributed by atoms with van der Waals surface area (Å²) >= 11 is 1.69. The highest BCUT2D eigenvalue weighted by atomic mass is 32.1. The first-order valence-electron chi connectivity index (χ1n) is 8.33. The van der Waals surface area contributed by atoms with Crippen LogP contribution in [0.25, 0.3) is 0 Å². The van der Waals surface area contributed by atoms with Crippen LogP contribution in [-0.4, -0.2) is 30.7 Å². The minimum atomic E-state index is 0.421. The highest BCUT2D eigenvalue weighted by molar-refractivity contribution is 7.08. The molecule has 0 spiro atoms. The molecule has 0 aromatic carbocycles. The molecule has 1 atom stereocenters. The zero-order valence-electron chi connectivity index (χ0n) is 14.9. The number of amidine groups is 2. The third-order valence-corrected chi connectivity index (χ3v) is 4.67. The Morgan fingerprint density at radius 3 is 2.78 bits per heavy atom. The van der Waals surface area contributed by atoms with Crippen molar-refractivity contribution in [2.24, 2.45) is 15.9 Å². The molecule has 0 fully saturated rings. The maximum Gasteiger partial charge on any atom is 0.154 e. The predicted octanol–water partition coefficient (Wildman–Crippen LogP) is 4.98. The van der Waals surface area contributed by atoms with Crippen LogP contribution < -0.4 is 5.32 Å². The smallest absolute Gasteiger partial charge is 0.154 e. The Hall–Kier alpha value is -1.62. The molecule has 1 unspecified atom stereocenters. The van der Waals surface area contributed by atoms with Gasteiger partial charge in [-0.15, -0.1) is 0 Å². The largest absolute Gasteiger partial charge is 0.366 e. The van der Waals surface area contributed by atoms with E-state index in [2.05, 4.69) is 61.9 Å². The van der Waals surface area contributed by atoms with Crippen molar-refractivity contribution in [3.63, 3.8) is 0 Å². The third kappa shape index (κ3) is 4.93. The molecule has 0 bridgehead atoms. The van der Waals surface area contributed by atoms with E-state index in [4.69, 9.17) is 9.98 Å². The summed E-state index contributed by atoms with van der Waals surface area (Å²) in [6.07, 6.45) is 4.13. The molecule has 1 aromatic heterocycles. The van der Waals surface area contributed by atoms with Gasteiger partial charge < -0.3 is 10.2 Å². The van der Waals surface area contributed by atoms with Crippen LogP contribution in [0.1, 0.15) is 46.5 Å². The van der Waals surface area contributed by atoms with E-state index in [0.29, 0.717) is 5.92 Å². The van der Waals surface area contributed by atoms with Gasteiger partial charge in [0.2, 0.25) is 0 Å². The molecule has 0 amide bonds. The normalized spacial score (nSPS) is 21.0. The summed E-state index contributed by atoms with van der Waals surface area (Å²) in [7, 11) is 4.13. The van der Waals surface area contributed by atoms with Crippen LogP contribution in [0, 0.1) is 5.92 Å². The number of anilines is 1. The SMILES string of the molecule is CCC/C(C)=C1\N=C(Nc2ccsc2)CCC(C)C(N(C)C)=N1. The number of nitrogens with zero attached hydrogens (tertiary/aromatic N) is 3. The Labute approximate surface area is 144 Å².